The summed E-state index contributed by atoms with van der Waals surface area (Å²) in [6, 6.07) is 12.7. The third-order valence-electron chi connectivity index (χ3n) is 3.50. The minimum absolute atomic E-state index is 0. The lowest BCUT2D eigenvalue weighted by molar-refractivity contribution is -0.119. The highest BCUT2D eigenvalue weighted by Gasteiger charge is 2.04. The van der Waals surface area contributed by atoms with E-state index in [2.05, 4.69) is 15.6 Å². The molecule has 0 aliphatic heterocycles. The quantitative estimate of drug-likeness (QED) is 0.272. The molecule has 0 unspecified atom stereocenters. The predicted molar refractivity (Wildman–Crippen MR) is 125 cm³/mol. The number of amides is 1. The Morgan fingerprint density at radius 2 is 1.96 bits per heavy atom. The fourth-order valence-corrected chi connectivity index (χ4v) is 2.72. The number of nitrogens with zero attached hydrogens (tertiary/aromatic N) is 1. The van der Waals surface area contributed by atoms with Gasteiger partial charge >= 0.3 is 0 Å². The number of halogens is 3. The van der Waals surface area contributed by atoms with E-state index < -0.39 is 5.91 Å². The highest BCUT2D eigenvalue weighted by molar-refractivity contribution is 14.0. The van der Waals surface area contributed by atoms with E-state index in [1.807, 2.05) is 31.2 Å². The molecule has 6 nitrogen and oxygen atoms in total. The summed E-state index contributed by atoms with van der Waals surface area (Å²) < 4.78 is 5.31. The van der Waals surface area contributed by atoms with E-state index in [4.69, 9.17) is 33.7 Å². The maximum absolute atomic E-state index is 10.8. The second kappa shape index (κ2) is 12.7. The third-order valence-corrected chi connectivity index (χ3v) is 4.09. The van der Waals surface area contributed by atoms with E-state index in [9.17, 15) is 4.79 Å². The van der Waals surface area contributed by atoms with Crippen LogP contribution >= 0.6 is 47.2 Å². The number of guanidine groups is 1. The topological polar surface area (TPSA) is 88.7 Å². The molecule has 0 bridgehead atoms. The summed E-state index contributed by atoms with van der Waals surface area (Å²) in [7, 11) is 0. The summed E-state index contributed by atoms with van der Waals surface area (Å²) in [5.41, 5.74) is 6.96. The lowest BCUT2D eigenvalue weighted by atomic mass is 10.2. The number of ether oxygens (including phenoxy) is 1. The zero-order chi connectivity index (χ0) is 19.6. The maximum Gasteiger partial charge on any atom is 0.255 e. The van der Waals surface area contributed by atoms with Gasteiger partial charge in [-0.25, -0.2) is 4.99 Å². The number of benzene rings is 2. The normalized spacial score (nSPS) is 10.8. The van der Waals surface area contributed by atoms with Crippen molar-refractivity contribution in [3.8, 4) is 5.75 Å². The molecule has 2 rings (SSSR count). The van der Waals surface area contributed by atoms with E-state index in [0.717, 1.165) is 17.7 Å². The molecule has 0 aliphatic carbocycles. The van der Waals surface area contributed by atoms with Crippen molar-refractivity contribution in [2.45, 2.75) is 20.0 Å². The minimum Gasteiger partial charge on any atom is -0.484 e. The summed E-state index contributed by atoms with van der Waals surface area (Å²) in [5, 5.41) is 7.63. The molecule has 28 heavy (non-hydrogen) atoms. The zero-order valence-electron chi connectivity index (χ0n) is 15.4. The molecule has 0 radical (unpaired) electrons. The Bertz CT molecular complexity index is 818. The molecule has 0 aliphatic rings. The summed E-state index contributed by atoms with van der Waals surface area (Å²) in [5.74, 6) is 0.720. The van der Waals surface area contributed by atoms with Crippen LogP contribution in [0.2, 0.25) is 10.0 Å². The molecule has 0 fully saturated rings. The molecule has 0 saturated heterocycles. The molecule has 2 aromatic carbocycles. The van der Waals surface area contributed by atoms with Gasteiger partial charge in [-0.1, -0.05) is 41.4 Å². The number of carbonyl (C=O) groups excluding carboxylic acids is 1. The van der Waals surface area contributed by atoms with Gasteiger partial charge < -0.3 is 21.1 Å². The number of nitrogens with one attached hydrogen (secondary N) is 2. The van der Waals surface area contributed by atoms with E-state index >= 15 is 0 Å². The van der Waals surface area contributed by atoms with Gasteiger partial charge in [0.05, 0.1) is 6.54 Å². The number of hydrogen-bond acceptors (Lipinski definition) is 3. The lowest BCUT2D eigenvalue weighted by Gasteiger charge is -2.12. The van der Waals surface area contributed by atoms with Crippen LogP contribution in [0.3, 0.4) is 0 Å². The molecule has 0 saturated carbocycles. The van der Waals surface area contributed by atoms with Crippen molar-refractivity contribution in [2.24, 2.45) is 10.7 Å². The first-order valence-electron chi connectivity index (χ1n) is 8.44. The van der Waals surface area contributed by atoms with Crippen LogP contribution in [0.5, 0.6) is 5.75 Å². The molecule has 9 heteroatoms. The summed E-state index contributed by atoms with van der Waals surface area (Å²) >= 11 is 12.1. The first-order chi connectivity index (χ1) is 13.0. The summed E-state index contributed by atoms with van der Waals surface area (Å²) in [6.07, 6.45) is 0. The lowest BCUT2D eigenvalue weighted by Crippen LogP contribution is -2.36. The van der Waals surface area contributed by atoms with Gasteiger partial charge in [-0.15, -0.1) is 24.0 Å². The van der Waals surface area contributed by atoms with Crippen LogP contribution in [-0.2, 0) is 17.9 Å². The molecule has 4 N–H and O–H groups in total. The van der Waals surface area contributed by atoms with Crippen molar-refractivity contribution in [1.29, 1.82) is 0 Å². The van der Waals surface area contributed by atoms with Crippen molar-refractivity contribution < 1.29 is 9.53 Å². The number of carbonyl (C=O) groups is 1. The van der Waals surface area contributed by atoms with Crippen molar-refractivity contribution >= 4 is 59.0 Å². The van der Waals surface area contributed by atoms with Gasteiger partial charge in [0, 0.05) is 23.1 Å². The number of rotatable bonds is 8. The van der Waals surface area contributed by atoms with Crippen LogP contribution in [-0.4, -0.2) is 25.0 Å². The molecule has 0 heterocycles. The largest absolute Gasteiger partial charge is 0.484 e. The number of nitrogens with two attached hydrogens (primary N) is 1. The highest BCUT2D eigenvalue weighted by Crippen LogP contribution is 2.20. The Labute approximate surface area is 191 Å². The van der Waals surface area contributed by atoms with E-state index in [1.54, 1.807) is 18.2 Å². The predicted octanol–water partition coefficient (Wildman–Crippen LogP) is 3.73. The fourth-order valence-electron chi connectivity index (χ4n) is 2.24. The third kappa shape index (κ3) is 8.53. The van der Waals surface area contributed by atoms with Gasteiger partial charge in [-0.3, -0.25) is 4.79 Å². The second-order valence-corrected chi connectivity index (χ2v) is 6.53. The van der Waals surface area contributed by atoms with Crippen molar-refractivity contribution in [3.05, 3.63) is 63.6 Å². The average molecular weight is 537 g/mol. The van der Waals surface area contributed by atoms with E-state index in [0.29, 0.717) is 34.8 Å². The minimum atomic E-state index is -0.516. The van der Waals surface area contributed by atoms with Crippen LogP contribution in [0, 0.1) is 0 Å². The van der Waals surface area contributed by atoms with Gasteiger partial charge in [0.2, 0.25) is 0 Å². The Morgan fingerprint density at radius 3 is 2.64 bits per heavy atom. The number of hydrogen-bond donors (Lipinski definition) is 3. The molecule has 0 spiro atoms. The Hall–Kier alpha value is -1.71. The first-order valence-corrected chi connectivity index (χ1v) is 9.19. The van der Waals surface area contributed by atoms with E-state index in [-0.39, 0.29) is 30.6 Å². The van der Waals surface area contributed by atoms with Crippen molar-refractivity contribution in [2.75, 3.05) is 13.2 Å². The van der Waals surface area contributed by atoms with Crippen LogP contribution < -0.4 is 21.1 Å². The number of aliphatic imine (C=N–C) groups is 1. The zero-order valence-corrected chi connectivity index (χ0v) is 19.2. The molecule has 0 aromatic heterocycles. The second-order valence-electron chi connectivity index (χ2n) is 5.69. The van der Waals surface area contributed by atoms with Crippen LogP contribution in [0.1, 0.15) is 18.1 Å². The maximum atomic E-state index is 10.8. The smallest absolute Gasteiger partial charge is 0.255 e. The SMILES string of the molecule is CCNC(=NCc1cccc(OCC(N)=O)c1)NCc1ccc(Cl)cc1Cl.I. The van der Waals surface area contributed by atoms with Crippen molar-refractivity contribution in [1.82, 2.24) is 10.6 Å². The van der Waals surface area contributed by atoms with Gasteiger partial charge in [0.1, 0.15) is 5.75 Å². The standard InChI is InChI=1S/C19H22Cl2N4O2.HI/c1-2-23-19(25-11-14-6-7-15(20)9-17(14)21)24-10-13-4-3-5-16(8-13)27-12-18(22)26;/h3-9H,2,10-12H2,1H3,(H2,22,26)(H2,23,24,25);1H. The molecular weight excluding hydrogens is 514 g/mol. The molecule has 152 valence electrons. The van der Waals surface area contributed by atoms with Gasteiger partial charge in [0.15, 0.2) is 12.6 Å². The van der Waals surface area contributed by atoms with E-state index in [1.165, 1.54) is 0 Å². The number of primary amides is 1. The van der Waals surface area contributed by atoms with Gasteiger partial charge in [-0.2, -0.15) is 0 Å². The van der Waals surface area contributed by atoms with Crippen molar-refractivity contribution in [3.63, 3.8) is 0 Å². The molecular formula is C19H23Cl2IN4O2. The fraction of sp³-hybridized carbons (Fsp3) is 0.263. The van der Waals surface area contributed by atoms with Gasteiger partial charge in [0.25, 0.3) is 5.91 Å². The van der Waals surface area contributed by atoms with Crippen LogP contribution in [0.25, 0.3) is 0 Å². The highest BCUT2D eigenvalue weighted by atomic mass is 127. The summed E-state index contributed by atoms with van der Waals surface area (Å²) in [4.78, 5) is 15.4. The molecule has 1 amide bonds. The first kappa shape index (κ1) is 24.3. The monoisotopic (exact) mass is 536 g/mol. The Kier molecular flexibility index (Phi) is 11.0. The van der Waals surface area contributed by atoms with Crippen LogP contribution in [0.4, 0.5) is 0 Å². The summed E-state index contributed by atoms with van der Waals surface area (Å²) in [6.45, 7) is 3.52. The van der Waals surface area contributed by atoms with Gasteiger partial charge in [-0.05, 0) is 42.3 Å². The Morgan fingerprint density at radius 1 is 1.18 bits per heavy atom. The molecule has 0 atom stereocenters. The van der Waals surface area contributed by atoms with Crippen LogP contribution in [0.15, 0.2) is 47.5 Å². The molecule has 2 aromatic rings. The Balaban J connectivity index is 0.00000392. The average Bonchev–Trinajstić information content (AvgIpc) is 2.64.